The second kappa shape index (κ2) is 10.3. The number of hydrogen-bond donors (Lipinski definition) is 2. The third kappa shape index (κ3) is 5.07. The molecule has 0 saturated carbocycles. The fourth-order valence-corrected chi connectivity index (χ4v) is 4.49. The van der Waals surface area contributed by atoms with Crippen molar-refractivity contribution >= 4 is 28.6 Å². The zero-order chi connectivity index (χ0) is 25.1. The molecule has 0 radical (unpaired) electrons. The Hall–Kier alpha value is -3.66. The fourth-order valence-electron chi connectivity index (χ4n) is 4.49. The molecule has 3 aromatic rings. The first-order valence-corrected chi connectivity index (χ1v) is 11.5. The Bertz CT molecular complexity index is 1210. The average Bonchev–Trinajstić information content (AvgIpc) is 2.84. The van der Waals surface area contributed by atoms with Crippen molar-refractivity contribution < 1.29 is 18.7 Å². The van der Waals surface area contributed by atoms with Crippen molar-refractivity contribution in [3.8, 4) is 11.5 Å². The molecule has 2 atom stereocenters. The second-order valence-corrected chi connectivity index (χ2v) is 8.77. The van der Waals surface area contributed by atoms with Gasteiger partial charge in [0.15, 0.2) is 17.3 Å². The minimum absolute atomic E-state index is 0.0155. The molecule has 2 aromatic carbocycles. The number of aromatic nitrogens is 2. The molecule has 186 valence electrons. The lowest BCUT2D eigenvalue weighted by Crippen LogP contribution is -2.55. The highest BCUT2D eigenvalue weighted by molar-refractivity contribution is 5.92. The van der Waals surface area contributed by atoms with Gasteiger partial charge >= 0.3 is 0 Å². The van der Waals surface area contributed by atoms with Crippen molar-refractivity contribution in [3.63, 3.8) is 0 Å². The average molecular weight is 483 g/mol. The number of piperazine rings is 1. The van der Waals surface area contributed by atoms with Gasteiger partial charge < -0.3 is 30.7 Å². The number of methoxy groups -OCH3 is 2. The zero-order valence-electron chi connectivity index (χ0n) is 20.2. The summed E-state index contributed by atoms with van der Waals surface area (Å²) in [6.45, 7) is 3.42. The SMILES string of the molecule is COc1cc2c(N)nc(N3CCN(C(=O)C[C@@H](N)Cc4ccccc4)C[C@@H]3C)nc2c(F)c1OC. The number of nitrogens with zero attached hydrogens (tertiary/aromatic N) is 4. The number of nitrogens with two attached hydrogens (primary N) is 2. The third-order valence-electron chi connectivity index (χ3n) is 6.31. The fraction of sp³-hybridized carbons (Fsp3) is 0.400. The van der Waals surface area contributed by atoms with Gasteiger partial charge in [-0.1, -0.05) is 30.3 Å². The highest BCUT2D eigenvalue weighted by atomic mass is 19.1. The summed E-state index contributed by atoms with van der Waals surface area (Å²) in [4.78, 5) is 25.5. The molecular weight excluding hydrogens is 451 g/mol. The van der Waals surface area contributed by atoms with Crippen LogP contribution in [0, 0.1) is 5.82 Å². The standard InChI is InChI=1S/C25H31FN6O3/c1-15-14-31(20(33)12-17(27)11-16-7-5-4-6-8-16)9-10-32(15)25-29-22-18(24(28)30-25)13-19(34-2)23(35-3)21(22)26/h4-8,13,15,17H,9-12,14,27H2,1-3H3,(H2,28,29,30)/t15-,17-/m0/s1. The molecule has 10 heteroatoms. The normalized spacial score (nSPS) is 16.9. The number of ether oxygens (including phenoxy) is 2. The van der Waals surface area contributed by atoms with E-state index in [1.54, 1.807) is 6.07 Å². The van der Waals surface area contributed by atoms with Gasteiger partial charge in [0.2, 0.25) is 11.9 Å². The molecule has 9 nitrogen and oxygen atoms in total. The summed E-state index contributed by atoms with van der Waals surface area (Å²) in [6, 6.07) is 11.1. The molecule has 0 spiro atoms. The van der Waals surface area contributed by atoms with Gasteiger partial charge in [-0.25, -0.2) is 9.37 Å². The quantitative estimate of drug-likeness (QED) is 0.527. The molecule has 0 bridgehead atoms. The monoisotopic (exact) mass is 482 g/mol. The van der Waals surface area contributed by atoms with Crippen LogP contribution in [0.15, 0.2) is 36.4 Å². The Morgan fingerprint density at radius 1 is 1.20 bits per heavy atom. The van der Waals surface area contributed by atoms with Crippen molar-refractivity contribution in [1.29, 1.82) is 0 Å². The maximum absolute atomic E-state index is 15.2. The van der Waals surface area contributed by atoms with Gasteiger partial charge in [0, 0.05) is 43.5 Å². The van der Waals surface area contributed by atoms with E-state index in [0.717, 1.165) is 5.56 Å². The van der Waals surface area contributed by atoms with Crippen LogP contribution in [0.1, 0.15) is 18.9 Å². The number of benzene rings is 2. The van der Waals surface area contributed by atoms with Gasteiger partial charge in [-0.15, -0.1) is 0 Å². The van der Waals surface area contributed by atoms with Crippen LogP contribution in [0.5, 0.6) is 11.5 Å². The number of anilines is 2. The van der Waals surface area contributed by atoms with Crippen molar-refractivity contribution in [3.05, 3.63) is 47.8 Å². The summed E-state index contributed by atoms with van der Waals surface area (Å²) in [6.07, 6.45) is 0.917. The number of carbonyl (C=O) groups is 1. The minimum atomic E-state index is -0.661. The number of hydrogen-bond acceptors (Lipinski definition) is 8. The second-order valence-electron chi connectivity index (χ2n) is 8.77. The van der Waals surface area contributed by atoms with E-state index in [1.807, 2.05) is 47.1 Å². The molecule has 4 rings (SSSR count). The summed E-state index contributed by atoms with van der Waals surface area (Å²) in [5.41, 5.74) is 13.6. The molecule has 1 aromatic heterocycles. The van der Waals surface area contributed by atoms with Crippen LogP contribution in [0.25, 0.3) is 10.9 Å². The van der Waals surface area contributed by atoms with E-state index < -0.39 is 5.82 Å². The lowest BCUT2D eigenvalue weighted by molar-refractivity contribution is -0.132. The van der Waals surface area contributed by atoms with Crippen LogP contribution in [0.2, 0.25) is 0 Å². The molecule has 0 unspecified atom stereocenters. The van der Waals surface area contributed by atoms with Crippen molar-refractivity contribution in [1.82, 2.24) is 14.9 Å². The summed E-state index contributed by atoms with van der Waals surface area (Å²) in [5, 5.41) is 0.345. The first-order chi connectivity index (χ1) is 16.8. The van der Waals surface area contributed by atoms with Gasteiger partial charge in [0.25, 0.3) is 0 Å². The van der Waals surface area contributed by atoms with Crippen molar-refractivity contribution in [2.24, 2.45) is 5.73 Å². The van der Waals surface area contributed by atoms with Gasteiger partial charge in [-0.3, -0.25) is 4.79 Å². The maximum Gasteiger partial charge on any atom is 0.228 e. The lowest BCUT2D eigenvalue weighted by Gasteiger charge is -2.40. The summed E-state index contributed by atoms with van der Waals surface area (Å²) in [5.74, 6) is -0.0253. The van der Waals surface area contributed by atoms with Crippen LogP contribution in [-0.4, -0.2) is 66.7 Å². The molecule has 1 amide bonds. The van der Waals surface area contributed by atoms with E-state index in [0.29, 0.717) is 37.4 Å². The first-order valence-electron chi connectivity index (χ1n) is 11.5. The van der Waals surface area contributed by atoms with E-state index in [-0.39, 0.29) is 47.2 Å². The highest BCUT2D eigenvalue weighted by Gasteiger charge is 2.30. The van der Waals surface area contributed by atoms with E-state index in [1.165, 1.54) is 14.2 Å². The minimum Gasteiger partial charge on any atom is -0.493 e. The van der Waals surface area contributed by atoms with Crippen LogP contribution in [0.4, 0.5) is 16.2 Å². The van der Waals surface area contributed by atoms with Crippen molar-refractivity contribution in [2.45, 2.75) is 31.8 Å². The van der Waals surface area contributed by atoms with E-state index in [9.17, 15) is 4.79 Å². The molecule has 2 heterocycles. The van der Waals surface area contributed by atoms with Gasteiger partial charge in [-0.2, -0.15) is 4.98 Å². The lowest BCUT2D eigenvalue weighted by atomic mass is 10.0. The number of carbonyl (C=O) groups excluding carboxylic acids is 1. The Morgan fingerprint density at radius 3 is 2.60 bits per heavy atom. The summed E-state index contributed by atoms with van der Waals surface area (Å²) in [7, 11) is 2.79. The van der Waals surface area contributed by atoms with Crippen LogP contribution >= 0.6 is 0 Å². The van der Waals surface area contributed by atoms with Gasteiger partial charge in [0.1, 0.15) is 11.3 Å². The number of amides is 1. The van der Waals surface area contributed by atoms with E-state index >= 15 is 4.39 Å². The molecule has 1 fully saturated rings. The Labute approximate surface area is 203 Å². The Morgan fingerprint density at radius 2 is 1.94 bits per heavy atom. The maximum atomic E-state index is 15.2. The molecule has 1 aliphatic heterocycles. The molecule has 4 N–H and O–H groups in total. The van der Waals surface area contributed by atoms with Crippen molar-refractivity contribution in [2.75, 3.05) is 44.5 Å². The first kappa shape index (κ1) is 24.5. The third-order valence-corrected chi connectivity index (χ3v) is 6.31. The van der Waals surface area contributed by atoms with Gasteiger partial charge in [0.05, 0.1) is 14.2 Å². The number of fused-ring (bicyclic) bond motifs is 1. The van der Waals surface area contributed by atoms with Crippen LogP contribution in [-0.2, 0) is 11.2 Å². The molecule has 35 heavy (non-hydrogen) atoms. The smallest absolute Gasteiger partial charge is 0.228 e. The van der Waals surface area contributed by atoms with Crippen LogP contribution in [0.3, 0.4) is 0 Å². The molecule has 1 saturated heterocycles. The molecular formula is C25H31FN6O3. The highest BCUT2D eigenvalue weighted by Crippen LogP contribution is 2.37. The number of rotatable bonds is 7. The molecule has 1 aliphatic rings. The van der Waals surface area contributed by atoms with Crippen LogP contribution < -0.4 is 25.8 Å². The molecule has 0 aliphatic carbocycles. The van der Waals surface area contributed by atoms with Gasteiger partial charge in [-0.05, 0) is 25.0 Å². The Kier molecular flexibility index (Phi) is 7.20. The number of nitrogen functional groups attached to an aromatic ring is 1. The predicted molar refractivity (Wildman–Crippen MR) is 133 cm³/mol. The summed E-state index contributed by atoms with van der Waals surface area (Å²) >= 11 is 0. The topological polar surface area (TPSA) is 120 Å². The van der Waals surface area contributed by atoms with E-state index in [2.05, 4.69) is 9.97 Å². The zero-order valence-corrected chi connectivity index (χ0v) is 20.2. The Balaban J connectivity index is 1.47. The summed E-state index contributed by atoms with van der Waals surface area (Å²) < 4.78 is 25.5. The largest absolute Gasteiger partial charge is 0.493 e. The predicted octanol–water partition coefficient (Wildman–Crippen LogP) is 2.37. The van der Waals surface area contributed by atoms with E-state index in [4.69, 9.17) is 20.9 Å². The number of halogens is 1.